The van der Waals surface area contributed by atoms with Crippen LogP contribution < -0.4 is 14.7 Å². The van der Waals surface area contributed by atoms with Crippen LogP contribution in [0.3, 0.4) is 0 Å². The van der Waals surface area contributed by atoms with Crippen LogP contribution in [0, 0.1) is 5.82 Å². The number of halogens is 1. The number of methoxy groups -OCH3 is 1. The number of Topliss-reactive ketones (excluding diaryl/α,β-unsaturated/α-hetero) is 1. The van der Waals surface area contributed by atoms with Gasteiger partial charge in [0.1, 0.15) is 18.9 Å². The van der Waals surface area contributed by atoms with Crippen LogP contribution in [0.15, 0.2) is 64.3 Å². The predicted molar refractivity (Wildman–Crippen MR) is 126 cm³/mol. The summed E-state index contributed by atoms with van der Waals surface area (Å²) in [6.07, 6.45) is 0.600. The molecule has 3 aromatic rings. The highest BCUT2D eigenvalue weighted by molar-refractivity contribution is 6.16. The fourth-order valence-corrected chi connectivity index (χ4v) is 4.97. The van der Waals surface area contributed by atoms with E-state index < -0.39 is 29.3 Å². The van der Waals surface area contributed by atoms with Crippen molar-refractivity contribution in [1.29, 1.82) is 0 Å². The van der Waals surface area contributed by atoms with E-state index in [1.807, 2.05) is 0 Å². The molecule has 8 nitrogen and oxygen atoms in total. The number of nitrogens with zero attached hydrogens (tertiary/aromatic N) is 1. The van der Waals surface area contributed by atoms with E-state index >= 15 is 0 Å². The number of carbonyl (C=O) groups is 2. The van der Waals surface area contributed by atoms with Gasteiger partial charge in [0.05, 0.1) is 32.9 Å². The van der Waals surface area contributed by atoms with Gasteiger partial charge in [-0.1, -0.05) is 30.3 Å². The first kappa shape index (κ1) is 24.0. The lowest BCUT2D eigenvalue weighted by Crippen LogP contribution is -3.14. The maximum Gasteiger partial charge on any atom is 0.239 e. The average Bonchev–Trinajstić information content (AvgIpc) is 3.44. The number of benzene rings is 2. The number of nitrogens with one attached hydrogen (secondary N) is 1. The second-order valence-electron chi connectivity index (χ2n) is 8.95. The molecular formula is C27H27FN2O6. The number of carbonyl (C=O) groups excluding carboxylic acids is 2. The molecule has 2 aromatic carbocycles. The summed E-state index contributed by atoms with van der Waals surface area (Å²) >= 11 is 0. The first-order chi connectivity index (χ1) is 17.5. The van der Waals surface area contributed by atoms with Crippen molar-refractivity contribution < 1.29 is 37.9 Å². The number of hydrogen-bond donors (Lipinski definition) is 1. The number of morpholine rings is 1. The van der Waals surface area contributed by atoms with Crippen molar-refractivity contribution in [2.45, 2.75) is 12.5 Å². The number of hydrogen-bond acceptors (Lipinski definition) is 6. The van der Waals surface area contributed by atoms with E-state index in [1.165, 1.54) is 41.2 Å². The third kappa shape index (κ3) is 4.36. The van der Waals surface area contributed by atoms with Crippen LogP contribution in [0.1, 0.15) is 28.6 Å². The third-order valence-electron chi connectivity index (χ3n) is 6.81. The Bertz CT molecular complexity index is 1330. The Hall–Kier alpha value is -3.69. The molecule has 1 saturated heterocycles. The van der Waals surface area contributed by atoms with Crippen molar-refractivity contribution >= 4 is 22.7 Å². The van der Waals surface area contributed by atoms with Crippen LogP contribution >= 0.6 is 0 Å². The number of ketones is 1. The van der Waals surface area contributed by atoms with Gasteiger partial charge in [0.2, 0.25) is 11.7 Å². The lowest BCUT2D eigenvalue weighted by molar-refractivity contribution is -0.908. The molecule has 9 heteroatoms. The zero-order valence-electron chi connectivity index (χ0n) is 19.9. The maximum atomic E-state index is 15.0. The second kappa shape index (κ2) is 10.1. The number of ether oxygens (including phenoxy) is 2. The molecule has 1 fully saturated rings. The minimum Gasteiger partial charge on any atom is -0.868 e. The van der Waals surface area contributed by atoms with E-state index in [0.29, 0.717) is 36.4 Å². The topological polar surface area (TPSA) is 96.5 Å². The van der Waals surface area contributed by atoms with E-state index in [-0.39, 0.29) is 23.4 Å². The quantitative estimate of drug-likeness (QED) is 0.474. The molecule has 0 radical (unpaired) electrons. The first-order valence-corrected chi connectivity index (χ1v) is 12.0. The maximum absolute atomic E-state index is 15.0. The highest BCUT2D eigenvalue weighted by Crippen LogP contribution is 2.40. The summed E-state index contributed by atoms with van der Waals surface area (Å²) in [6, 6.07) is 11.5. The number of amides is 1. The summed E-state index contributed by atoms with van der Waals surface area (Å²) in [4.78, 5) is 29.4. The highest BCUT2D eigenvalue weighted by Gasteiger charge is 2.41. The van der Waals surface area contributed by atoms with Gasteiger partial charge in [-0.05, 0) is 24.0 Å². The molecule has 5 rings (SSSR count). The Labute approximate surface area is 207 Å². The van der Waals surface area contributed by atoms with Crippen molar-refractivity contribution in [3.63, 3.8) is 0 Å². The molecule has 0 spiro atoms. The zero-order valence-corrected chi connectivity index (χ0v) is 19.9. The predicted octanol–water partition coefficient (Wildman–Crippen LogP) is 1.27. The average molecular weight is 495 g/mol. The molecule has 188 valence electrons. The number of para-hydroxylation sites is 1. The van der Waals surface area contributed by atoms with Gasteiger partial charge in [-0.3, -0.25) is 9.59 Å². The van der Waals surface area contributed by atoms with Gasteiger partial charge in [-0.25, -0.2) is 4.39 Å². The molecule has 0 saturated carbocycles. The molecule has 36 heavy (non-hydrogen) atoms. The van der Waals surface area contributed by atoms with Crippen molar-refractivity contribution in [3.8, 4) is 5.75 Å². The largest absolute Gasteiger partial charge is 0.868 e. The monoisotopic (exact) mass is 494 g/mol. The minimum atomic E-state index is -1.13. The molecule has 3 heterocycles. The van der Waals surface area contributed by atoms with Crippen molar-refractivity contribution in [2.75, 3.05) is 46.5 Å². The fourth-order valence-electron chi connectivity index (χ4n) is 4.97. The lowest BCUT2D eigenvalue weighted by Gasteiger charge is -2.29. The molecule has 1 amide bonds. The molecule has 1 unspecified atom stereocenters. The normalized spacial score (nSPS) is 18.9. The van der Waals surface area contributed by atoms with Gasteiger partial charge in [0.25, 0.3) is 0 Å². The van der Waals surface area contributed by atoms with E-state index in [2.05, 4.69) is 0 Å². The second-order valence-corrected chi connectivity index (χ2v) is 8.95. The molecular weight excluding hydrogens is 467 g/mol. The molecule has 0 aliphatic carbocycles. The smallest absolute Gasteiger partial charge is 0.239 e. The lowest BCUT2D eigenvalue weighted by atomic mass is 9.94. The van der Waals surface area contributed by atoms with Gasteiger partial charge in [0.15, 0.2) is 17.1 Å². The third-order valence-corrected chi connectivity index (χ3v) is 6.81. The SMILES string of the molecule is COc1cccc2cc(C(=O)C3=C([O-])C(=O)N(CCC[NH+]4CCOCC4)C3c3ccccc3F)oc12. The molecule has 2 aliphatic heterocycles. The van der Waals surface area contributed by atoms with Crippen LogP contribution in [-0.2, 0) is 9.53 Å². The Morgan fingerprint density at radius 2 is 1.97 bits per heavy atom. The van der Waals surface area contributed by atoms with Crippen LogP contribution in [0.5, 0.6) is 5.75 Å². The first-order valence-electron chi connectivity index (χ1n) is 12.0. The van der Waals surface area contributed by atoms with Crippen LogP contribution in [0.25, 0.3) is 11.0 Å². The molecule has 1 N–H and O–H groups in total. The Kier molecular flexibility index (Phi) is 6.75. The summed E-state index contributed by atoms with van der Waals surface area (Å²) in [6.45, 7) is 4.10. The summed E-state index contributed by atoms with van der Waals surface area (Å²) in [7, 11) is 1.48. The molecule has 1 atom stereocenters. The molecule has 1 aromatic heterocycles. The Balaban J connectivity index is 1.48. The standard InChI is InChI=1S/C27H27FN2O6/c1-34-20-9-4-6-17-16-21(36-26(17)20)24(31)22-23(18-7-2-3-8-19(18)28)30(27(33)25(22)32)11-5-10-29-12-14-35-15-13-29/h2-4,6-9,16,23,32H,5,10-15H2,1H3. The van der Waals surface area contributed by atoms with Crippen molar-refractivity contribution in [2.24, 2.45) is 0 Å². The number of furan rings is 1. The number of fused-ring (bicyclic) bond motifs is 1. The fraction of sp³-hybridized carbons (Fsp3) is 0.333. The van der Waals surface area contributed by atoms with Crippen molar-refractivity contribution in [3.05, 3.63) is 77.0 Å². The Morgan fingerprint density at radius 3 is 2.72 bits per heavy atom. The van der Waals surface area contributed by atoms with E-state index in [4.69, 9.17) is 13.9 Å². The summed E-state index contributed by atoms with van der Waals surface area (Å²) in [5, 5.41) is 13.8. The van der Waals surface area contributed by atoms with E-state index in [1.54, 1.807) is 24.3 Å². The van der Waals surface area contributed by atoms with Crippen LogP contribution in [-0.4, -0.2) is 63.1 Å². The summed E-state index contributed by atoms with van der Waals surface area (Å²) in [5.41, 5.74) is 0.155. The minimum absolute atomic E-state index is 0.104. The van der Waals surface area contributed by atoms with Crippen LogP contribution in [0.4, 0.5) is 4.39 Å². The van der Waals surface area contributed by atoms with Gasteiger partial charge < -0.3 is 28.8 Å². The number of quaternary nitrogens is 1. The van der Waals surface area contributed by atoms with Gasteiger partial charge >= 0.3 is 0 Å². The van der Waals surface area contributed by atoms with Gasteiger partial charge in [-0.15, -0.1) is 0 Å². The summed E-state index contributed by atoms with van der Waals surface area (Å²) < 4.78 is 31.4. The Morgan fingerprint density at radius 1 is 1.19 bits per heavy atom. The van der Waals surface area contributed by atoms with Crippen molar-refractivity contribution in [1.82, 2.24) is 4.90 Å². The van der Waals surface area contributed by atoms with Gasteiger partial charge in [0, 0.05) is 29.5 Å². The molecule has 0 bridgehead atoms. The summed E-state index contributed by atoms with van der Waals surface area (Å²) in [5.74, 6) is -2.74. The number of rotatable bonds is 8. The van der Waals surface area contributed by atoms with Crippen LogP contribution in [0.2, 0.25) is 0 Å². The van der Waals surface area contributed by atoms with Gasteiger partial charge in [-0.2, -0.15) is 0 Å². The highest BCUT2D eigenvalue weighted by atomic mass is 19.1. The zero-order chi connectivity index (χ0) is 25.2. The molecule has 2 aliphatic rings. The van der Waals surface area contributed by atoms with E-state index in [9.17, 15) is 19.1 Å². The van der Waals surface area contributed by atoms with E-state index in [0.717, 1.165) is 19.6 Å².